The van der Waals surface area contributed by atoms with Gasteiger partial charge in [-0.25, -0.2) is 9.97 Å². The second kappa shape index (κ2) is 7.23. The first kappa shape index (κ1) is 16.1. The Balaban J connectivity index is 1.88. The van der Waals surface area contributed by atoms with E-state index in [-0.39, 0.29) is 0 Å². The molecule has 0 fully saturated rings. The zero-order chi connectivity index (χ0) is 16.9. The summed E-state index contributed by atoms with van der Waals surface area (Å²) in [4.78, 5) is 9.15. The van der Waals surface area contributed by atoms with Crippen LogP contribution in [0.5, 0.6) is 0 Å². The van der Waals surface area contributed by atoms with Crippen molar-refractivity contribution in [2.24, 2.45) is 5.10 Å². The van der Waals surface area contributed by atoms with Gasteiger partial charge in [0.1, 0.15) is 0 Å². The highest BCUT2D eigenvalue weighted by Crippen LogP contribution is 2.21. The third-order valence-electron chi connectivity index (χ3n) is 3.70. The van der Waals surface area contributed by atoms with Gasteiger partial charge < -0.3 is 0 Å². The molecule has 0 unspecified atom stereocenters. The van der Waals surface area contributed by atoms with E-state index >= 15 is 0 Å². The second-order valence-corrected chi connectivity index (χ2v) is 5.77. The van der Waals surface area contributed by atoms with Crippen LogP contribution in [0.1, 0.15) is 16.8 Å². The van der Waals surface area contributed by atoms with Gasteiger partial charge in [0.25, 0.3) is 0 Å². The zero-order valence-electron chi connectivity index (χ0n) is 13.5. The van der Waals surface area contributed by atoms with E-state index in [0.717, 1.165) is 22.4 Å². The lowest BCUT2D eigenvalue weighted by Gasteiger charge is -2.09. The summed E-state index contributed by atoms with van der Waals surface area (Å²) in [5, 5.41) is 4.92. The van der Waals surface area contributed by atoms with Crippen LogP contribution in [0.3, 0.4) is 0 Å². The number of aromatic nitrogens is 2. The normalized spacial score (nSPS) is 11.0. The molecular formula is C19H17ClN4. The molecule has 2 aromatic carbocycles. The molecule has 0 amide bonds. The molecule has 0 aliphatic rings. The first-order valence-corrected chi connectivity index (χ1v) is 7.97. The SMILES string of the molecule is Cc1nc(-c2ccccc2)nc(N/N=C/c2ccccc2Cl)c1C. The van der Waals surface area contributed by atoms with E-state index < -0.39 is 0 Å². The monoisotopic (exact) mass is 336 g/mol. The molecule has 0 aliphatic carbocycles. The van der Waals surface area contributed by atoms with Crippen LogP contribution in [-0.2, 0) is 0 Å². The zero-order valence-corrected chi connectivity index (χ0v) is 14.2. The van der Waals surface area contributed by atoms with E-state index in [2.05, 4.69) is 20.5 Å². The lowest BCUT2D eigenvalue weighted by Crippen LogP contribution is -2.03. The molecule has 3 aromatic rings. The van der Waals surface area contributed by atoms with Gasteiger partial charge in [-0.2, -0.15) is 5.10 Å². The van der Waals surface area contributed by atoms with E-state index in [0.29, 0.717) is 16.7 Å². The number of rotatable bonds is 4. The van der Waals surface area contributed by atoms with E-state index in [1.807, 2.05) is 68.4 Å². The Bertz CT molecular complexity index is 876. The summed E-state index contributed by atoms with van der Waals surface area (Å²) in [5.74, 6) is 1.36. The van der Waals surface area contributed by atoms with E-state index in [1.54, 1.807) is 6.21 Å². The Morgan fingerprint density at radius 3 is 2.42 bits per heavy atom. The Hall–Kier alpha value is -2.72. The van der Waals surface area contributed by atoms with Crippen molar-refractivity contribution in [3.8, 4) is 11.4 Å². The highest BCUT2D eigenvalue weighted by Gasteiger charge is 2.09. The third-order valence-corrected chi connectivity index (χ3v) is 4.04. The topological polar surface area (TPSA) is 50.2 Å². The summed E-state index contributed by atoms with van der Waals surface area (Å²) in [5.41, 5.74) is 6.70. The molecule has 4 nitrogen and oxygen atoms in total. The van der Waals surface area contributed by atoms with E-state index in [9.17, 15) is 0 Å². The Morgan fingerprint density at radius 1 is 0.958 bits per heavy atom. The fraction of sp³-hybridized carbons (Fsp3) is 0.105. The van der Waals surface area contributed by atoms with Crippen LogP contribution in [0.25, 0.3) is 11.4 Å². The van der Waals surface area contributed by atoms with Crippen LogP contribution >= 0.6 is 11.6 Å². The Kier molecular flexibility index (Phi) is 4.87. The van der Waals surface area contributed by atoms with Gasteiger partial charge >= 0.3 is 0 Å². The predicted molar refractivity (Wildman–Crippen MR) is 99.6 cm³/mol. The van der Waals surface area contributed by atoms with Gasteiger partial charge in [-0.1, -0.05) is 60.1 Å². The quantitative estimate of drug-likeness (QED) is 0.546. The lowest BCUT2D eigenvalue weighted by atomic mass is 10.2. The van der Waals surface area contributed by atoms with Crippen molar-refractivity contribution in [1.29, 1.82) is 0 Å². The summed E-state index contributed by atoms with van der Waals surface area (Å²) in [6, 6.07) is 17.4. The third kappa shape index (κ3) is 3.60. The molecule has 0 saturated carbocycles. The molecule has 0 saturated heterocycles. The van der Waals surface area contributed by atoms with Crippen LogP contribution in [0.4, 0.5) is 5.82 Å². The van der Waals surface area contributed by atoms with Gasteiger partial charge in [0.05, 0.1) is 6.21 Å². The molecule has 120 valence electrons. The maximum absolute atomic E-state index is 6.12. The van der Waals surface area contributed by atoms with Crippen LogP contribution < -0.4 is 5.43 Å². The maximum atomic E-state index is 6.12. The summed E-state index contributed by atoms with van der Waals surface area (Å²) < 4.78 is 0. The first-order valence-electron chi connectivity index (χ1n) is 7.59. The minimum absolute atomic E-state index is 0.656. The maximum Gasteiger partial charge on any atom is 0.161 e. The molecule has 3 rings (SSSR count). The van der Waals surface area contributed by atoms with Crippen molar-refractivity contribution in [3.05, 3.63) is 76.4 Å². The van der Waals surface area contributed by atoms with Crippen LogP contribution in [-0.4, -0.2) is 16.2 Å². The van der Waals surface area contributed by atoms with E-state index in [4.69, 9.17) is 11.6 Å². The fourth-order valence-corrected chi connectivity index (χ4v) is 2.38. The van der Waals surface area contributed by atoms with Crippen LogP contribution in [0, 0.1) is 13.8 Å². The van der Waals surface area contributed by atoms with Crippen LogP contribution in [0.15, 0.2) is 59.7 Å². The van der Waals surface area contributed by atoms with E-state index in [1.165, 1.54) is 0 Å². The Labute approximate surface area is 146 Å². The molecule has 24 heavy (non-hydrogen) atoms. The van der Waals surface area contributed by atoms with Crippen molar-refractivity contribution in [3.63, 3.8) is 0 Å². The van der Waals surface area contributed by atoms with Gasteiger partial charge in [-0.05, 0) is 19.9 Å². The second-order valence-electron chi connectivity index (χ2n) is 5.36. The highest BCUT2D eigenvalue weighted by atomic mass is 35.5. The standard InChI is InChI=1S/C19H17ClN4/c1-13-14(2)22-19(15-8-4-3-5-9-15)23-18(13)24-21-12-16-10-6-7-11-17(16)20/h3-12H,1-2H3,(H,22,23,24)/b21-12+. The minimum Gasteiger partial charge on any atom is -0.261 e. The summed E-state index contributed by atoms with van der Waals surface area (Å²) >= 11 is 6.12. The number of benzene rings is 2. The number of hydrogen-bond acceptors (Lipinski definition) is 4. The number of anilines is 1. The number of aryl methyl sites for hydroxylation is 1. The number of hydrogen-bond donors (Lipinski definition) is 1. The molecule has 1 heterocycles. The van der Waals surface area contributed by atoms with Crippen molar-refractivity contribution in [2.75, 3.05) is 5.43 Å². The largest absolute Gasteiger partial charge is 0.261 e. The molecular weight excluding hydrogens is 320 g/mol. The number of halogens is 1. The Morgan fingerprint density at radius 2 is 1.67 bits per heavy atom. The van der Waals surface area contributed by atoms with Crippen molar-refractivity contribution in [1.82, 2.24) is 9.97 Å². The fourth-order valence-electron chi connectivity index (χ4n) is 2.20. The lowest BCUT2D eigenvalue weighted by molar-refractivity contribution is 1.06. The van der Waals surface area contributed by atoms with Gasteiger partial charge in [0, 0.05) is 27.4 Å². The van der Waals surface area contributed by atoms with Crippen LogP contribution in [0.2, 0.25) is 5.02 Å². The predicted octanol–water partition coefficient (Wildman–Crippen LogP) is 4.86. The average molecular weight is 337 g/mol. The average Bonchev–Trinajstić information content (AvgIpc) is 2.61. The van der Waals surface area contributed by atoms with Crippen molar-refractivity contribution >= 4 is 23.6 Å². The molecule has 0 aliphatic heterocycles. The molecule has 5 heteroatoms. The molecule has 0 atom stereocenters. The van der Waals surface area contributed by atoms with Gasteiger partial charge in [0.2, 0.25) is 0 Å². The molecule has 1 N–H and O–H groups in total. The van der Waals surface area contributed by atoms with Crippen molar-refractivity contribution in [2.45, 2.75) is 13.8 Å². The molecule has 0 spiro atoms. The van der Waals surface area contributed by atoms with Gasteiger partial charge in [-0.3, -0.25) is 5.43 Å². The molecule has 0 radical (unpaired) electrons. The first-order chi connectivity index (χ1) is 11.6. The van der Waals surface area contributed by atoms with Crippen molar-refractivity contribution < 1.29 is 0 Å². The molecule has 1 aromatic heterocycles. The van der Waals surface area contributed by atoms with Gasteiger partial charge in [0.15, 0.2) is 11.6 Å². The number of nitrogens with zero attached hydrogens (tertiary/aromatic N) is 3. The minimum atomic E-state index is 0.656. The highest BCUT2D eigenvalue weighted by molar-refractivity contribution is 6.33. The summed E-state index contributed by atoms with van der Waals surface area (Å²) in [6.07, 6.45) is 1.68. The van der Waals surface area contributed by atoms with Gasteiger partial charge in [-0.15, -0.1) is 0 Å². The molecule has 0 bridgehead atoms. The number of nitrogens with one attached hydrogen (secondary N) is 1. The number of hydrazone groups is 1. The smallest absolute Gasteiger partial charge is 0.161 e. The summed E-state index contributed by atoms with van der Waals surface area (Å²) in [7, 11) is 0. The summed E-state index contributed by atoms with van der Waals surface area (Å²) in [6.45, 7) is 3.93.